The Bertz CT molecular complexity index is 2340. The van der Waals surface area contributed by atoms with Crippen molar-refractivity contribution in [3.63, 3.8) is 0 Å². The van der Waals surface area contributed by atoms with E-state index in [1.807, 2.05) is 30.3 Å². The minimum atomic E-state index is -1.99. The SMILES string of the molecule is CC[C@@]1(OC(=O)CNC(=O)CCC(=O)NCC2OC(OC)C(NC(C)=O)C(OC3OC(OOC)C(C)C(O)C3O)C2O)C(=O)OCc2c1cc1n(c2=O)Cc2cc3ccccc3nc2-1. The third kappa shape index (κ3) is 9.10. The van der Waals surface area contributed by atoms with Crippen LogP contribution in [-0.2, 0) is 80.9 Å². The third-order valence-electron chi connectivity index (χ3n) is 11.8. The molecule has 6 N–H and O–H groups in total. The number of aliphatic hydroxyl groups excluding tert-OH is 3. The minimum absolute atomic E-state index is 0.0899. The largest absolute Gasteiger partial charge is 0.457 e. The van der Waals surface area contributed by atoms with Crippen LogP contribution in [-0.4, -0.2) is 137 Å². The summed E-state index contributed by atoms with van der Waals surface area (Å²) in [5.41, 5.74) is 0.477. The number of benzene rings is 1. The number of aliphatic hydroxyl groups is 3. The third-order valence-corrected chi connectivity index (χ3v) is 11.8. The number of amides is 3. The molecule has 6 heterocycles. The molecule has 346 valence electrons. The highest BCUT2D eigenvalue weighted by Crippen LogP contribution is 2.41. The van der Waals surface area contributed by atoms with E-state index in [1.165, 1.54) is 21.1 Å². The quantitative estimate of drug-likeness (QED) is 0.0468. The van der Waals surface area contributed by atoms with Gasteiger partial charge in [0.15, 0.2) is 18.9 Å². The van der Waals surface area contributed by atoms with Crippen LogP contribution >= 0.6 is 0 Å². The standard InChI is InChI=1S/C42H51N5O17/c1-6-42(24-14-26-31-22(13-21-9-7-8-10-25(21)46-31)17-47(26)37(55)23(24)18-59-41(42)56)63-30(51)16-44-29(50)12-11-28(49)43-15-27-34(53)36(32(45-20(3)48)39(57-4)60-27)61-40-35(54)33(52)19(2)38(62-40)64-58-5/h7-10,13-14,19,27,32-36,38-40,52-54H,6,11-12,15-18H2,1-5H3,(H,43,49)(H,44,50)(H,45,48)/t19?,27?,32?,33?,34?,35?,36?,38?,39?,40?,42-/m0/s1. The minimum Gasteiger partial charge on any atom is -0.457 e. The van der Waals surface area contributed by atoms with Gasteiger partial charge in [0, 0.05) is 55.9 Å². The van der Waals surface area contributed by atoms with Gasteiger partial charge in [0.2, 0.25) is 23.3 Å². The maximum absolute atomic E-state index is 13.8. The average molecular weight is 898 g/mol. The van der Waals surface area contributed by atoms with E-state index in [0.717, 1.165) is 10.9 Å². The Morgan fingerprint density at radius 1 is 0.953 bits per heavy atom. The predicted octanol–water partition coefficient (Wildman–Crippen LogP) is -1.12. The topological polar surface area (TPSA) is 291 Å². The molecule has 4 aliphatic rings. The Kier molecular flexibility index (Phi) is 14.1. The molecule has 2 saturated heterocycles. The molecule has 22 heteroatoms. The van der Waals surface area contributed by atoms with E-state index in [4.69, 9.17) is 38.3 Å². The highest BCUT2D eigenvalue weighted by molar-refractivity contribution is 5.90. The number of cyclic esters (lactones) is 1. The van der Waals surface area contributed by atoms with E-state index in [9.17, 15) is 44.1 Å². The summed E-state index contributed by atoms with van der Waals surface area (Å²) in [5, 5.41) is 41.2. The molecule has 64 heavy (non-hydrogen) atoms. The van der Waals surface area contributed by atoms with Crippen molar-refractivity contribution in [1.82, 2.24) is 25.5 Å². The fourth-order valence-corrected chi connectivity index (χ4v) is 8.38. The molecule has 7 rings (SSSR count). The van der Waals surface area contributed by atoms with Crippen molar-refractivity contribution < 1.29 is 77.5 Å². The lowest BCUT2D eigenvalue weighted by Gasteiger charge is -2.47. The van der Waals surface area contributed by atoms with Crippen LogP contribution in [0.5, 0.6) is 0 Å². The van der Waals surface area contributed by atoms with Crippen molar-refractivity contribution in [3.8, 4) is 11.4 Å². The lowest BCUT2D eigenvalue weighted by Crippen LogP contribution is -2.68. The first kappa shape index (κ1) is 46.6. The van der Waals surface area contributed by atoms with Crippen LogP contribution in [0.25, 0.3) is 22.3 Å². The molecule has 4 aliphatic heterocycles. The van der Waals surface area contributed by atoms with Gasteiger partial charge in [0.05, 0.1) is 42.2 Å². The summed E-state index contributed by atoms with van der Waals surface area (Å²) in [5.74, 6) is -4.54. The van der Waals surface area contributed by atoms with Gasteiger partial charge in [0.1, 0.15) is 43.6 Å². The Morgan fingerprint density at radius 2 is 1.69 bits per heavy atom. The zero-order chi connectivity index (χ0) is 46.0. The average Bonchev–Trinajstić information content (AvgIpc) is 3.64. The predicted molar refractivity (Wildman–Crippen MR) is 216 cm³/mol. The van der Waals surface area contributed by atoms with Gasteiger partial charge in [-0.05, 0) is 24.6 Å². The van der Waals surface area contributed by atoms with E-state index in [0.29, 0.717) is 16.9 Å². The molecule has 3 aromatic rings. The Labute approximate surface area is 365 Å². The van der Waals surface area contributed by atoms with Crippen LogP contribution in [0.2, 0.25) is 0 Å². The second-order valence-corrected chi connectivity index (χ2v) is 15.9. The van der Waals surface area contributed by atoms with E-state index >= 15 is 0 Å². The van der Waals surface area contributed by atoms with E-state index in [1.54, 1.807) is 24.5 Å². The van der Waals surface area contributed by atoms with Crippen molar-refractivity contribution >= 4 is 40.6 Å². The molecular formula is C42H51N5O17. The number of methoxy groups -OCH3 is 1. The Balaban J connectivity index is 0.950. The Hall–Kier alpha value is -5.43. The molecule has 2 aromatic heterocycles. The molecule has 11 atom stereocenters. The number of pyridine rings is 2. The number of fused-ring (bicyclic) bond motifs is 5. The maximum atomic E-state index is 13.8. The monoisotopic (exact) mass is 897 g/mol. The highest BCUT2D eigenvalue weighted by atomic mass is 17.2. The van der Waals surface area contributed by atoms with Gasteiger partial charge < -0.3 is 64.3 Å². The molecule has 0 spiro atoms. The number of carbonyl (C=O) groups is 5. The smallest absolute Gasteiger partial charge is 0.355 e. The van der Waals surface area contributed by atoms with Crippen molar-refractivity contribution in [2.45, 2.75) is 114 Å². The summed E-state index contributed by atoms with van der Waals surface area (Å²) in [6.45, 7) is 3.26. The second-order valence-electron chi connectivity index (χ2n) is 15.9. The first-order valence-electron chi connectivity index (χ1n) is 20.7. The summed E-state index contributed by atoms with van der Waals surface area (Å²) in [4.78, 5) is 92.9. The second kappa shape index (κ2) is 19.4. The summed E-state index contributed by atoms with van der Waals surface area (Å²) >= 11 is 0. The number of nitrogens with zero attached hydrogens (tertiary/aromatic N) is 2. The maximum Gasteiger partial charge on any atom is 0.355 e. The fourth-order valence-electron chi connectivity index (χ4n) is 8.38. The van der Waals surface area contributed by atoms with Crippen LogP contribution in [0.4, 0.5) is 0 Å². The van der Waals surface area contributed by atoms with E-state index in [-0.39, 0.29) is 50.1 Å². The van der Waals surface area contributed by atoms with Gasteiger partial charge in [-0.3, -0.25) is 24.0 Å². The highest BCUT2D eigenvalue weighted by Gasteiger charge is 2.53. The number of nitrogens with one attached hydrogen (secondary N) is 3. The van der Waals surface area contributed by atoms with Crippen LogP contribution in [0.1, 0.15) is 56.7 Å². The van der Waals surface area contributed by atoms with Crippen molar-refractivity contribution in [3.05, 3.63) is 63.4 Å². The van der Waals surface area contributed by atoms with Gasteiger partial charge >= 0.3 is 11.9 Å². The first-order valence-corrected chi connectivity index (χ1v) is 20.7. The zero-order valence-electron chi connectivity index (χ0n) is 35.6. The Morgan fingerprint density at radius 3 is 2.39 bits per heavy atom. The summed E-state index contributed by atoms with van der Waals surface area (Å²) < 4.78 is 35.6. The fraction of sp³-hybridized carbons (Fsp3) is 0.548. The molecule has 10 unspecified atom stereocenters. The van der Waals surface area contributed by atoms with Crippen LogP contribution in [0.15, 0.2) is 41.2 Å². The number of carbonyl (C=O) groups excluding carboxylic acids is 5. The molecule has 22 nitrogen and oxygen atoms in total. The normalized spacial score (nSPS) is 29.5. The number of para-hydroxylation sites is 1. The first-order chi connectivity index (χ1) is 30.6. The summed E-state index contributed by atoms with van der Waals surface area (Å²) in [6, 6.07) is 9.94. The van der Waals surface area contributed by atoms with Crippen molar-refractivity contribution in [1.29, 1.82) is 0 Å². The van der Waals surface area contributed by atoms with Gasteiger partial charge in [-0.1, -0.05) is 32.0 Å². The molecule has 0 radical (unpaired) electrons. The van der Waals surface area contributed by atoms with Gasteiger partial charge in [-0.2, -0.15) is 0 Å². The van der Waals surface area contributed by atoms with Crippen LogP contribution < -0.4 is 21.5 Å². The lowest BCUT2D eigenvalue weighted by atomic mass is 9.85. The zero-order valence-corrected chi connectivity index (χ0v) is 35.6. The molecule has 1 aromatic carbocycles. The van der Waals surface area contributed by atoms with Gasteiger partial charge in [0.25, 0.3) is 5.56 Å². The number of hydrogen-bond donors (Lipinski definition) is 6. The van der Waals surface area contributed by atoms with Gasteiger partial charge in [-0.15, -0.1) is 0 Å². The number of hydrogen-bond acceptors (Lipinski definition) is 18. The lowest BCUT2D eigenvalue weighted by molar-refractivity contribution is -0.437. The molecule has 3 amide bonds. The summed E-state index contributed by atoms with van der Waals surface area (Å²) in [7, 11) is 2.49. The molecule has 0 bridgehead atoms. The molecule has 0 aliphatic carbocycles. The number of ether oxygens (including phenoxy) is 6. The molecule has 2 fully saturated rings. The molecule has 0 saturated carbocycles. The summed E-state index contributed by atoms with van der Waals surface area (Å²) in [6.07, 6.45) is -12.1. The number of rotatable bonds is 15. The number of esters is 2. The van der Waals surface area contributed by atoms with Crippen LogP contribution in [0.3, 0.4) is 0 Å². The van der Waals surface area contributed by atoms with Crippen LogP contribution in [0, 0.1) is 5.92 Å². The van der Waals surface area contributed by atoms with Crippen molar-refractivity contribution in [2.24, 2.45) is 5.92 Å². The van der Waals surface area contributed by atoms with Gasteiger partial charge in [-0.25, -0.2) is 19.6 Å². The van der Waals surface area contributed by atoms with E-state index < -0.39 is 109 Å². The van der Waals surface area contributed by atoms with Crippen molar-refractivity contribution in [2.75, 3.05) is 27.3 Å². The molecular weight excluding hydrogens is 846 g/mol. The number of aromatic nitrogens is 2. The van der Waals surface area contributed by atoms with E-state index in [2.05, 4.69) is 20.8 Å².